The van der Waals surface area contributed by atoms with Gasteiger partial charge in [-0.05, 0) is 68.8 Å². The Morgan fingerprint density at radius 1 is 1.15 bits per heavy atom. The molecule has 0 atom stereocenters. The summed E-state index contributed by atoms with van der Waals surface area (Å²) in [5.74, 6) is 2.07. The molecule has 9 heteroatoms. The van der Waals surface area contributed by atoms with Gasteiger partial charge in [0.05, 0.1) is 23.9 Å². The molecule has 2 heterocycles. The number of aromatic nitrogens is 4. The molecular formula is C25H26N6O2S. The Balaban J connectivity index is 1.49. The molecule has 0 unspecified atom stereocenters. The molecule has 1 amide bonds. The van der Waals surface area contributed by atoms with E-state index >= 15 is 0 Å². The highest BCUT2D eigenvalue weighted by Crippen LogP contribution is 2.27. The first kappa shape index (κ1) is 23.4. The molecule has 4 rings (SSSR count). The fourth-order valence-corrected chi connectivity index (χ4v) is 4.45. The van der Waals surface area contributed by atoms with Crippen LogP contribution in [0.15, 0.2) is 65.1 Å². The van der Waals surface area contributed by atoms with E-state index in [1.807, 2.05) is 38.1 Å². The molecule has 0 aliphatic heterocycles. The monoisotopic (exact) mass is 474 g/mol. The van der Waals surface area contributed by atoms with Gasteiger partial charge < -0.3 is 9.30 Å². The molecule has 0 aliphatic rings. The van der Waals surface area contributed by atoms with Gasteiger partial charge in [-0.3, -0.25) is 4.79 Å². The molecule has 0 spiro atoms. The summed E-state index contributed by atoms with van der Waals surface area (Å²) >= 11 is 1.52. The van der Waals surface area contributed by atoms with Gasteiger partial charge in [-0.15, -0.1) is 0 Å². The lowest BCUT2D eigenvalue weighted by Gasteiger charge is -2.10. The minimum Gasteiger partial charge on any atom is -0.496 e. The van der Waals surface area contributed by atoms with Crippen molar-refractivity contribution in [3.05, 3.63) is 77.4 Å². The summed E-state index contributed by atoms with van der Waals surface area (Å²) < 4.78 is 7.62. The molecule has 1 N–H and O–H groups in total. The molecule has 2 aromatic carbocycles. The Morgan fingerprint density at radius 2 is 1.91 bits per heavy atom. The number of thioether (sulfide) groups is 1. The van der Waals surface area contributed by atoms with Gasteiger partial charge in [-0.1, -0.05) is 11.8 Å². The predicted octanol–water partition coefficient (Wildman–Crippen LogP) is 4.61. The second-order valence-corrected chi connectivity index (χ2v) is 8.53. The minimum atomic E-state index is -0.282. The number of rotatable bonds is 8. The number of nitrogens with one attached hydrogen (secondary N) is 1. The van der Waals surface area contributed by atoms with Crippen molar-refractivity contribution in [1.82, 2.24) is 24.9 Å². The first-order valence-corrected chi connectivity index (χ1v) is 11.9. The van der Waals surface area contributed by atoms with Crippen LogP contribution in [0.2, 0.25) is 0 Å². The summed E-state index contributed by atoms with van der Waals surface area (Å²) in [7, 11) is 1.64. The van der Waals surface area contributed by atoms with Gasteiger partial charge in [0.1, 0.15) is 11.6 Å². The maximum atomic E-state index is 12.7. The topological polar surface area (TPSA) is 94.3 Å². The number of carbonyl (C=O) groups excluding carboxylic acids is 1. The quantitative estimate of drug-likeness (QED) is 0.173. The summed E-state index contributed by atoms with van der Waals surface area (Å²) in [5.41, 5.74) is 7.55. The summed E-state index contributed by atoms with van der Waals surface area (Å²) in [6, 6.07) is 13.1. The number of carbonyl (C=O) groups is 1. The van der Waals surface area contributed by atoms with E-state index in [0.29, 0.717) is 22.2 Å². The number of ether oxygens (including phenoxy) is 1. The minimum absolute atomic E-state index is 0.282. The summed E-state index contributed by atoms with van der Waals surface area (Å²) in [6.45, 7) is 6.73. The van der Waals surface area contributed by atoms with Crippen molar-refractivity contribution >= 4 is 34.4 Å². The molecule has 0 saturated heterocycles. The Morgan fingerprint density at radius 3 is 2.65 bits per heavy atom. The number of hydrogen-bond donors (Lipinski definition) is 1. The zero-order chi connectivity index (χ0) is 24.1. The van der Waals surface area contributed by atoms with Crippen molar-refractivity contribution in [1.29, 1.82) is 0 Å². The normalized spacial score (nSPS) is 11.6. The van der Waals surface area contributed by atoms with Crippen molar-refractivity contribution < 1.29 is 9.53 Å². The predicted molar refractivity (Wildman–Crippen MR) is 134 cm³/mol. The molecule has 2 aromatic heterocycles. The Kier molecular flexibility index (Phi) is 7.22. The Hall–Kier alpha value is -3.72. The fraction of sp³-hybridized carbons (Fsp3) is 0.240. The third kappa shape index (κ3) is 5.09. The van der Waals surface area contributed by atoms with Crippen LogP contribution in [-0.2, 0) is 12.3 Å². The first-order chi connectivity index (χ1) is 16.5. The standard InChI is InChI=1S/C25H26N6O2S/c1-5-31-17(3)28-21-14-19(7-9-22(21)31)24(32)30-29-16(2)18-8-10-23(33-4)20(13-18)15-34-25-26-11-6-12-27-25/h6-14H,5,15H2,1-4H3,(H,30,32)/b29-16+. The number of hydrazone groups is 1. The van der Waals surface area contributed by atoms with E-state index in [1.54, 1.807) is 37.7 Å². The van der Waals surface area contributed by atoms with E-state index < -0.39 is 0 Å². The van der Waals surface area contributed by atoms with Gasteiger partial charge in [-0.2, -0.15) is 5.10 Å². The largest absolute Gasteiger partial charge is 0.496 e. The van der Waals surface area contributed by atoms with Crippen LogP contribution in [0.3, 0.4) is 0 Å². The lowest BCUT2D eigenvalue weighted by molar-refractivity contribution is 0.0955. The number of aryl methyl sites for hydroxylation is 2. The fourth-order valence-electron chi connectivity index (χ4n) is 3.67. The van der Waals surface area contributed by atoms with Crippen molar-refractivity contribution in [2.45, 2.75) is 38.2 Å². The number of fused-ring (bicyclic) bond motifs is 1. The summed E-state index contributed by atoms with van der Waals surface area (Å²) in [6.07, 6.45) is 3.44. The van der Waals surface area contributed by atoms with Gasteiger partial charge in [-0.25, -0.2) is 20.4 Å². The summed E-state index contributed by atoms with van der Waals surface area (Å²) in [4.78, 5) is 25.8. The first-order valence-electron chi connectivity index (χ1n) is 10.9. The van der Waals surface area contributed by atoms with Crippen LogP contribution >= 0.6 is 11.8 Å². The maximum Gasteiger partial charge on any atom is 0.271 e. The molecule has 4 aromatic rings. The highest BCUT2D eigenvalue weighted by Gasteiger charge is 2.12. The van der Waals surface area contributed by atoms with Crippen molar-refractivity contribution in [2.75, 3.05) is 7.11 Å². The van der Waals surface area contributed by atoms with Crippen molar-refractivity contribution in [3.63, 3.8) is 0 Å². The second kappa shape index (κ2) is 10.5. The van der Waals surface area contributed by atoms with Crippen LogP contribution in [0.1, 0.15) is 41.2 Å². The van der Waals surface area contributed by atoms with Gasteiger partial charge in [0.25, 0.3) is 5.91 Å². The van der Waals surface area contributed by atoms with E-state index in [0.717, 1.165) is 40.3 Å². The molecule has 0 saturated carbocycles. The molecular weight excluding hydrogens is 448 g/mol. The van der Waals surface area contributed by atoms with Crippen molar-refractivity contribution in [3.8, 4) is 5.75 Å². The third-order valence-corrected chi connectivity index (χ3v) is 6.36. The van der Waals surface area contributed by atoms with E-state index in [-0.39, 0.29) is 5.91 Å². The average molecular weight is 475 g/mol. The number of hydrogen-bond acceptors (Lipinski definition) is 7. The molecule has 0 radical (unpaired) electrons. The molecule has 0 fully saturated rings. The maximum absolute atomic E-state index is 12.7. The second-order valence-electron chi connectivity index (χ2n) is 7.59. The van der Waals surface area contributed by atoms with Crippen molar-refractivity contribution in [2.24, 2.45) is 5.10 Å². The molecule has 174 valence electrons. The number of methoxy groups -OCH3 is 1. The van der Waals surface area contributed by atoms with E-state index in [9.17, 15) is 4.79 Å². The Labute approximate surface area is 202 Å². The Bertz CT molecular complexity index is 1350. The van der Waals surface area contributed by atoms with Crippen LogP contribution in [0.5, 0.6) is 5.75 Å². The number of imidazole rings is 1. The van der Waals surface area contributed by atoms with E-state index in [4.69, 9.17) is 4.74 Å². The lowest BCUT2D eigenvalue weighted by Crippen LogP contribution is -2.19. The third-order valence-electron chi connectivity index (χ3n) is 5.44. The molecule has 0 aliphatic carbocycles. The lowest BCUT2D eigenvalue weighted by atomic mass is 10.1. The van der Waals surface area contributed by atoms with Gasteiger partial charge in [0, 0.05) is 35.8 Å². The number of benzene rings is 2. The number of amides is 1. The van der Waals surface area contributed by atoms with Crippen LogP contribution in [0.4, 0.5) is 0 Å². The van der Waals surface area contributed by atoms with Gasteiger partial charge >= 0.3 is 0 Å². The zero-order valence-corrected chi connectivity index (χ0v) is 20.4. The molecule has 0 bridgehead atoms. The zero-order valence-electron chi connectivity index (χ0n) is 19.6. The number of nitrogens with zero attached hydrogens (tertiary/aromatic N) is 5. The van der Waals surface area contributed by atoms with Crippen LogP contribution in [0.25, 0.3) is 11.0 Å². The smallest absolute Gasteiger partial charge is 0.271 e. The average Bonchev–Trinajstić information content (AvgIpc) is 3.20. The SMILES string of the molecule is CCn1c(C)nc2cc(C(=O)N/N=C(\C)c3ccc(OC)c(CSc4ncccn4)c3)ccc21. The summed E-state index contributed by atoms with van der Waals surface area (Å²) in [5, 5.41) is 5.02. The van der Waals surface area contributed by atoms with E-state index in [2.05, 4.69) is 37.0 Å². The van der Waals surface area contributed by atoms with Crippen LogP contribution in [-0.4, -0.2) is 38.2 Å². The van der Waals surface area contributed by atoms with Gasteiger partial charge in [0.2, 0.25) is 0 Å². The van der Waals surface area contributed by atoms with Crippen LogP contribution < -0.4 is 10.2 Å². The van der Waals surface area contributed by atoms with Gasteiger partial charge in [0.15, 0.2) is 5.16 Å². The highest BCUT2D eigenvalue weighted by molar-refractivity contribution is 7.98. The highest BCUT2D eigenvalue weighted by atomic mass is 32.2. The molecule has 8 nitrogen and oxygen atoms in total. The van der Waals surface area contributed by atoms with E-state index in [1.165, 1.54) is 11.8 Å². The van der Waals surface area contributed by atoms with Crippen LogP contribution in [0, 0.1) is 6.92 Å². The molecule has 34 heavy (non-hydrogen) atoms.